The third-order valence-electron chi connectivity index (χ3n) is 2.09. The summed E-state index contributed by atoms with van der Waals surface area (Å²) < 4.78 is 24.9. The Hall–Kier alpha value is -0.980. The van der Waals surface area contributed by atoms with Crippen molar-refractivity contribution in [3.05, 3.63) is 35.4 Å². The number of nitrogens with one attached hydrogen (secondary N) is 1. The average Bonchev–Trinajstić information content (AvgIpc) is 2.27. The van der Waals surface area contributed by atoms with E-state index in [0.29, 0.717) is 4.99 Å². The Morgan fingerprint density at radius 1 is 1.50 bits per heavy atom. The van der Waals surface area contributed by atoms with Crippen molar-refractivity contribution in [2.45, 2.75) is 13.5 Å². The Balaban J connectivity index is 2.75. The molecule has 0 unspecified atom stereocenters. The Kier molecular flexibility index (Phi) is 4.40. The van der Waals surface area contributed by atoms with E-state index in [4.69, 9.17) is 18.0 Å². The van der Waals surface area contributed by atoms with E-state index in [2.05, 4.69) is 4.72 Å². The van der Waals surface area contributed by atoms with E-state index in [1.54, 1.807) is 25.1 Å². The van der Waals surface area contributed by atoms with Crippen molar-refractivity contribution < 1.29 is 8.42 Å². The van der Waals surface area contributed by atoms with Crippen LogP contribution in [0.5, 0.6) is 0 Å². The third-order valence-corrected chi connectivity index (χ3v) is 3.67. The first-order valence-corrected chi connectivity index (χ1v) is 6.87. The van der Waals surface area contributed by atoms with Crippen LogP contribution in [0.1, 0.15) is 18.1 Å². The minimum atomic E-state index is -3.16. The van der Waals surface area contributed by atoms with Gasteiger partial charge in [0.1, 0.15) is 4.99 Å². The largest absolute Gasteiger partial charge is 0.389 e. The first-order chi connectivity index (χ1) is 7.44. The molecule has 0 fully saturated rings. The van der Waals surface area contributed by atoms with Gasteiger partial charge in [-0.25, -0.2) is 13.1 Å². The quantitative estimate of drug-likeness (QED) is 0.765. The van der Waals surface area contributed by atoms with Crippen molar-refractivity contribution in [1.29, 1.82) is 0 Å². The monoisotopic (exact) mass is 258 g/mol. The summed E-state index contributed by atoms with van der Waals surface area (Å²) >= 11 is 4.84. The molecule has 0 saturated carbocycles. The lowest BCUT2D eigenvalue weighted by Gasteiger charge is -2.06. The lowest BCUT2D eigenvalue weighted by atomic mass is 10.1. The molecular weight excluding hydrogens is 244 g/mol. The molecule has 0 saturated heterocycles. The molecule has 0 aliphatic heterocycles. The van der Waals surface area contributed by atoms with Crippen LogP contribution in [-0.4, -0.2) is 19.2 Å². The number of rotatable bonds is 5. The SMILES string of the molecule is CCS(=O)(=O)NCc1cccc(C(N)=S)c1. The molecule has 16 heavy (non-hydrogen) atoms. The van der Waals surface area contributed by atoms with Crippen LogP contribution in [0.4, 0.5) is 0 Å². The highest BCUT2D eigenvalue weighted by Gasteiger charge is 2.06. The van der Waals surface area contributed by atoms with E-state index in [0.717, 1.165) is 11.1 Å². The summed E-state index contributed by atoms with van der Waals surface area (Å²) in [7, 11) is -3.16. The highest BCUT2D eigenvalue weighted by molar-refractivity contribution is 7.89. The molecule has 0 amide bonds. The highest BCUT2D eigenvalue weighted by Crippen LogP contribution is 2.05. The molecule has 0 aliphatic carbocycles. The fourth-order valence-electron chi connectivity index (χ4n) is 1.13. The fraction of sp³-hybridized carbons (Fsp3) is 0.300. The molecule has 0 heterocycles. The molecule has 0 aromatic heterocycles. The van der Waals surface area contributed by atoms with Crippen molar-refractivity contribution in [2.24, 2.45) is 5.73 Å². The van der Waals surface area contributed by atoms with Gasteiger partial charge in [-0.3, -0.25) is 0 Å². The van der Waals surface area contributed by atoms with Gasteiger partial charge in [0.25, 0.3) is 0 Å². The Bertz CT molecular complexity index is 483. The normalized spacial score (nSPS) is 11.3. The second kappa shape index (κ2) is 5.38. The lowest BCUT2D eigenvalue weighted by molar-refractivity contribution is 0.582. The zero-order valence-corrected chi connectivity index (χ0v) is 10.6. The first kappa shape index (κ1) is 13.1. The second-order valence-corrected chi connectivity index (χ2v) is 5.82. The molecule has 0 bridgehead atoms. The summed E-state index contributed by atoms with van der Waals surface area (Å²) in [6.45, 7) is 1.85. The van der Waals surface area contributed by atoms with Crippen LogP contribution >= 0.6 is 12.2 Å². The Morgan fingerprint density at radius 2 is 2.19 bits per heavy atom. The summed E-state index contributed by atoms with van der Waals surface area (Å²) in [6.07, 6.45) is 0. The molecule has 4 nitrogen and oxygen atoms in total. The molecule has 0 aliphatic rings. The van der Waals surface area contributed by atoms with Gasteiger partial charge in [-0.15, -0.1) is 0 Å². The van der Waals surface area contributed by atoms with E-state index in [-0.39, 0.29) is 12.3 Å². The summed E-state index contributed by atoms with van der Waals surface area (Å²) in [5.74, 6) is 0.0714. The predicted octanol–water partition coefficient (Wildman–Crippen LogP) is 0.760. The van der Waals surface area contributed by atoms with Gasteiger partial charge in [0.2, 0.25) is 10.0 Å². The number of hydrogen-bond acceptors (Lipinski definition) is 3. The van der Waals surface area contributed by atoms with E-state index < -0.39 is 10.0 Å². The zero-order valence-electron chi connectivity index (χ0n) is 8.93. The molecule has 3 N–H and O–H groups in total. The van der Waals surface area contributed by atoms with Crippen molar-refractivity contribution in [1.82, 2.24) is 4.72 Å². The number of hydrogen-bond donors (Lipinski definition) is 2. The van der Waals surface area contributed by atoms with E-state index >= 15 is 0 Å². The van der Waals surface area contributed by atoms with Gasteiger partial charge in [-0.05, 0) is 18.6 Å². The summed E-state index contributed by atoms with van der Waals surface area (Å²) in [6, 6.07) is 7.19. The molecular formula is C10H14N2O2S2. The second-order valence-electron chi connectivity index (χ2n) is 3.29. The fourth-order valence-corrected chi connectivity index (χ4v) is 1.85. The van der Waals surface area contributed by atoms with Gasteiger partial charge in [0.05, 0.1) is 5.75 Å². The van der Waals surface area contributed by atoms with Crippen LogP contribution in [0, 0.1) is 0 Å². The van der Waals surface area contributed by atoms with Crippen molar-refractivity contribution in [3.63, 3.8) is 0 Å². The van der Waals surface area contributed by atoms with E-state index in [9.17, 15) is 8.42 Å². The van der Waals surface area contributed by atoms with Gasteiger partial charge in [0.15, 0.2) is 0 Å². The van der Waals surface area contributed by atoms with E-state index in [1.807, 2.05) is 6.07 Å². The maximum atomic E-state index is 11.2. The Morgan fingerprint density at radius 3 is 2.75 bits per heavy atom. The number of thiocarbonyl (C=S) groups is 1. The highest BCUT2D eigenvalue weighted by atomic mass is 32.2. The molecule has 1 rings (SSSR count). The third kappa shape index (κ3) is 3.88. The van der Waals surface area contributed by atoms with Crippen LogP contribution in [0.3, 0.4) is 0 Å². The topological polar surface area (TPSA) is 72.2 Å². The minimum Gasteiger partial charge on any atom is -0.389 e. The average molecular weight is 258 g/mol. The van der Waals surface area contributed by atoms with E-state index in [1.165, 1.54) is 0 Å². The number of benzene rings is 1. The van der Waals surface area contributed by atoms with Crippen LogP contribution in [-0.2, 0) is 16.6 Å². The van der Waals surface area contributed by atoms with Gasteiger partial charge in [-0.2, -0.15) is 0 Å². The Labute approximate surface area is 101 Å². The van der Waals surface area contributed by atoms with Gasteiger partial charge in [0, 0.05) is 12.1 Å². The minimum absolute atomic E-state index is 0.0714. The lowest BCUT2D eigenvalue weighted by Crippen LogP contribution is -2.24. The summed E-state index contributed by atoms with van der Waals surface area (Å²) in [5.41, 5.74) is 7.06. The van der Waals surface area contributed by atoms with Gasteiger partial charge in [-0.1, -0.05) is 30.4 Å². The molecule has 0 spiro atoms. The van der Waals surface area contributed by atoms with Crippen molar-refractivity contribution in [2.75, 3.05) is 5.75 Å². The van der Waals surface area contributed by atoms with Crippen LogP contribution in [0.2, 0.25) is 0 Å². The van der Waals surface area contributed by atoms with Gasteiger partial charge >= 0.3 is 0 Å². The molecule has 88 valence electrons. The van der Waals surface area contributed by atoms with Crippen LogP contribution < -0.4 is 10.5 Å². The standard InChI is InChI=1S/C10H14N2O2S2/c1-2-16(13,14)12-7-8-4-3-5-9(6-8)10(11)15/h3-6,12H,2,7H2,1H3,(H2,11,15). The molecule has 0 atom stereocenters. The number of nitrogens with two attached hydrogens (primary N) is 1. The maximum Gasteiger partial charge on any atom is 0.211 e. The summed E-state index contributed by atoms with van der Waals surface area (Å²) in [4.78, 5) is 0.306. The zero-order chi connectivity index (χ0) is 12.2. The maximum absolute atomic E-state index is 11.2. The van der Waals surface area contributed by atoms with Gasteiger partial charge < -0.3 is 5.73 Å². The molecule has 1 aromatic carbocycles. The predicted molar refractivity (Wildman–Crippen MR) is 68.6 cm³/mol. The molecule has 6 heteroatoms. The molecule has 0 radical (unpaired) electrons. The summed E-state index contributed by atoms with van der Waals surface area (Å²) in [5, 5.41) is 0. The van der Waals surface area contributed by atoms with Crippen LogP contribution in [0.25, 0.3) is 0 Å². The molecule has 1 aromatic rings. The number of sulfonamides is 1. The van der Waals surface area contributed by atoms with Crippen molar-refractivity contribution in [3.8, 4) is 0 Å². The first-order valence-electron chi connectivity index (χ1n) is 4.80. The smallest absolute Gasteiger partial charge is 0.211 e. The van der Waals surface area contributed by atoms with Crippen molar-refractivity contribution >= 4 is 27.2 Å². The van der Waals surface area contributed by atoms with Crippen LogP contribution in [0.15, 0.2) is 24.3 Å².